The predicted molar refractivity (Wildman–Crippen MR) is 362 cm³/mol. The van der Waals surface area contributed by atoms with Crippen LogP contribution in [0.2, 0.25) is 0 Å². The molecule has 0 bridgehead atoms. The molecule has 2 aliphatic heterocycles. The molecule has 2 nitrogen and oxygen atoms in total. The van der Waals surface area contributed by atoms with E-state index in [1.807, 2.05) is 58.0 Å². The summed E-state index contributed by atoms with van der Waals surface area (Å²) in [7, 11) is 0. The Morgan fingerprint density at radius 2 is 0.897 bits per heavy atom. The highest BCUT2D eigenvalue weighted by Crippen LogP contribution is 2.60. The molecule has 0 fully saturated rings. The summed E-state index contributed by atoms with van der Waals surface area (Å²) in [6, 6.07) is 18.9. The summed E-state index contributed by atoms with van der Waals surface area (Å²) in [5.74, 6) is 4.98. The molecule has 0 radical (unpaired) electrons. The smallest absolute Gasteiger partial charge is 0.160 e. The summed E-state index contributed by atoms with van der Waals surface area (Å²) in [6.45, 7) is 14.0. The average molecular weight is 1230 g/mol. The van der Waals surface area contributed by atoms with Gasteiger partial charge in [-0.1, -0.05) is 137 Å². The maximum atomic E-state index is 12.8. The summed E-state index contributed by atoms with van der Waals surface area (Å²) in [6.07, 6.45) is 32.8. The molecule has 0 N–H and O–H groups in total. The number of carbonyl (C=O) groups excluding carboxylic acids is 2. The van der Waals surface area contributed by atoms with E-state index in [9.17, 15) is 9.59 Å². The molecule has 5 aromatic rings. The van der Waals surface area contributed by atoms with Crippen LogP contribution in [0.3, 0.4) is 0 Å². The third kappa shape index (κ3) is 15.6. The number of hydrogen-bond acceptors (Lipinski definition) is 12. The van der Waals surface area contributed by atoms with Gasteiger partial charge >= 0.3 is 0 Å². The predicted octanol–water partition coefficient (Wildman–Crippen LogP) is 23.7. The number of rotatable bonds is 34. The number of thioether (sulfide) groups is 6. The Labute approximate surface area is 511 Å². The normalized spacial score (nSPS) is 19.5. The van der Waals surface area contributed by atoms with Crippen molar-refractivity contribution in [3.63, 3.8) is 0 Å². The molecule has 9 rings (SSSR count). The molecule has 4 aliphatic rings. The quantitative estimate of drug-likeness (QED) is 0.0292. The first-order chi connectivity index (χ1) is 38.2. The number of allylic oxidation sites excluding steroid dienone is 3. The Bertz CT molecular complexity index is 2930. The third-order valence-electron chi connectivity index (χ3n) is 15.6. The minimum absolute atomic E-state index is 0.526. The van der Waals surface area contributed by atoms with E-state index in [-0.39, 0.29) is 0 Å². The van der Waals surface area contributed by atoms with Gasteiger partial charge in [0.05, 0.1) is 9.75 Å². The van der Waals surface area contributed by atoms with Gasteiger partial charge in [0, 0.05) is 105 Å². The van der Waals surface area contributed by atoms with Crippen LogP contribution < -0.4 is 0 Å². The van der Waals surface area contributed by atoms with Gasteiger partial charge in [0.1, 0.15) is 0 Å². The highest BCUT2D eigenvalue weighted by molar-refractivity contribution is 8.23. The van der Waals surface area contributed by atoms with Crippen molar-refractivity contribution in [2.75, 3.05) is 11.5 Å². The van der Waals surface area contributed by atoms with Gasteiger partial charge in [0.25, 0.3) is 0 Å². The maximum absolute atomic E-state index is 12.8. The van der Waals surface area contributed by atoms with Gasteiger partial charge in [-0.15, -0.1) is 116 Å². The van der Waals surface area contributed by atoms with Crippen LogP contribution >= 0.6 is 116 Å². The van der Waals surface area contributed by atoms with Crippen LogP contribution in [0.5, 0.6) is 0 Å². The Balaban J connectivity index is 1.09. The lowest BCUT2D eigenvalue weighted by Gasteiger charge is -2.18. The van der Waals surface area contributed by atoms with Crippen LogP contribution in [0.1, 0.15) is 218 Å². The molecule has 4 atom stereocenters. The van der Waals surface area contributed by atoms with Crippen molar-refractivity contribution in [3.8, 4) is 20.9 Å². The molecule has 1 aromatic carbocycles. The van der Waals surface area contributed by atoms with Crippen LogP contribution in [0, 0.1) is 11.8 Å². The van der Waals surface area contributed by atoms with E-state index in [1.165, 1.54) is 216 Å². The number of aldehydes is 2. The molecular weight excluding hydrogens is 1150 g/mol. The van der Waals surface area contributed by atoms with Gasteiger partial charge in [0.15, 0.2) is 12.6 Å². The lowest BCUT2D eigenvalue weighted by Crippen LogP contribution is -2.11. The first-order valence-electron chi connectivity index (χ1n) is 29.5. The van der Waals surface area contributed by atoms with Crippen molar-refractivity contribution >= 4 is 140 Å². The molecule has 0 saturated heterocycles. The fourth-order valence-electron chi connectivity index (χ4n) is 11.2. The minimum atomic E-state index is 0.526. The molecule has 4 aromatic heterocycles. The molecule has 12 heteroatoms. The molecule has 418 valence electrons. The number of benzene rings is 1. The van der Waals surface area contributed by atoms with E-state index < -0.39 is 0 Å². The fraction of sp³-hybridized carbons (Fsp3) is 0.515. The Morgan fingerprint density at radius 1 is 0.449 bits per heavy atom. The van der Waals surface area contributed by atoms with Gasteiger partial charge in [-0.05, 0) is 126 Å². The first kappa shape index (κ1) is 61.0. The van der Waals surface area contributed by atoms with E-state index in [0.29, 0.717) is 22.3 Å². The Hall–Kier alpha value is -1.58. The second-order valence-electron chi connectivity index (χ2n) is 21.8. The zero-order valence-electron chi connectivity index (χ0n) is 47.1. The minimum Gasteiger partial charge on any atom is -0.297 e. The zero-order chi connectivity index (χ0) is 54.4. The van der Waals surface area contributed by atoms with Crippen molar-refractivity contribution in [2.24, 2.45) is 11.8 Å². The number of unbranched alkanes of at least 4 members (excludes halogenated alkanes) is 12. The monoisotopic (exact) mass is 1230 g/mol. The van der Waals surface area contributed by atoms with Gasteiger partial charge in [-0.25, -0.2) is 0 Å². The first-order valence-corrected chi connectivity index (χ1v) is 38.5. The van der Waals surface area contributed by atoms with Gasteiger partial charge in [-0.3, -0.25) is 9.59 Å². The fourth-order valence-corrected chi connectivity index (χ4v) is 23.8. The average Bonchev–Trinajstić information content (AvgIpc) is 4.40. The molecular formula is C66H82O2S10. The second-order valence-corrected chi connectivity index (χ2v) is 33.7. The van der Waals surface area contributed by atoms with Crippen LogP contribution in [-0.4, -0.2) is 34.6 Å². The van der Waals surface area contributed by atoms with Crippen LogP contribution in [-0.2, 0) is 24.3 Å². The van der Waals surface area contributed by atoms with Crippen molar-refractivity contribution in [2.45, 2.75) is 192 Å². The van der Waals surface area contributed by atoms with Gasteiger partial charge < -0.3 is 0 Å². The second kappa shape index (κ2) is 30.8. The van der Waals surface area contributed by atoms with E-state index in [4.69, 9.17) is 0 Å². The van der Waals surface area contributed by atoms with Crippen molar-refractivity contribution in [3.05, 3.63) is 130 Å². The summed E-state index contributed by atoms with van der Waals surface area (Å²) < 4.78 is 2.72. The maximum Gasteiger partial charge on any atom is 0.160 e. The highest BCUT2D eigenvalue weighted by Gasteiger charge is 2.37. The SMILES string of the molecule is CCCCCCC1=CC(C)C(CS/C(SCc2ccc(CCCCCC)s2)=C2/c3cc4c(cc3-c3sc(C=O)cc32)/C(=C(/SCC2=CC(C)C(CCCCCC)S2)SCc2ccc(CCCCCC)s2)c2cc(C=O)sc2-4)S1. The van der Waals surface area contributed by atoms with E-state index >= 15 is 0 Å². The van der Waals surface area contributed by atoms with E-state index in [2.05, 4.69) is 138 Å². The van der Waals surface area contributed by atoms with Crippen LogP contribution in [0.25, 0.3) is 32.0 Å². The summed E-state index contributed by atoms with van der Waals surface area (Å²) in [5.41, 5.74) is 10.0. The summed E-state index contributed by atoms with van der Waals surface area (Å²) in [5, 5.41) is 1.19. The van der Waals surface area contributed by atoms with Crippen LogP contribution in [0.4, 0.5) is 0 Å². The zero-order valence-corrected chi connectivity index (χ0v) is 55.3. The number of thiophene rings is 4. The van der Waals surface area contributed by atoms with Gasteiger partial charge in [-0.2, -0.15) is 0 Å². The largest absolute Gasteiger partial charge is 0.297 e. The molecule has 4 unspecified atom stereocenters. The number of carbonyl (C=O) groups is 2. The summed E-state index contributed by atoms with van der Waals surface area (Å²) >= 11 is 19.7. The standard InChI is InChI=1S/C66H82O2S10/c1-7-11-15-19-23-45-27-29-48(73-45)39-69-65(71-41-52-32-43(5)59(76-52)26-22-18-14-10-4)61-53-35-56-54(36-55(53)63-57(61)33-50(37-67)77-63)62(58-34-51(38-68)78-64(56)58)66(70-40-49-30-28-46(74-49)24-20-16-12-8-2)72-42-60-44(6)31-47(75-60)25-21-17-13-9-3/h27-38,43-44,59-60H,7-26,39-42H2,1-6H3/b65-61-,66-62-. The Morgan fingerprint density at radius 3 is 1.42 bits per heavy atom. The molecule has 0 spiro atoms. The third-order valence-corrected chi connectivity index (χ3v) is 29.1. The molecule has 0 amide bonds. The topological polar surface area (TPSA) is 34.1 Å². The number of hydrogen-bond donors (Lipinski definition) is 0. The summed E-state index contributed by atoms with van der Waals surface area (Å²) in [4.78, 5) is 38.6. The van der Waals surface area contributed by atoms with Crippen molar-refractivity contribution in [1.29, 1.82) is 0 Å². The van der Waals surface area contributed by atoms with Crippen LogP contribution in [0.15, 0.2) is 79.0 Å². The van der Waals surface area contributed by atoms with E-state index in [1.54, 1.807) is 27.6 Å². The van der Waals surface area contributed by atoms with E-state index in [0.717, 1.165) is 45.3 Å². The lowest BCUT2D eigenvalue weighted by molar-refractivity contribution is 0.111. The lowest BCUT2D eigenvalue weighted by atomic mass is 9.98. The number of fused-ring (bicyclic) bond motifs is 6. The van der Waals surface area contributed by atoms with Crippen molar-refractivity contribution in [1.82, 2.24) is 0 Å². The number of aryl methyl sites for hydroxylation is 2. The Kier molecular flexibility index (Phi) is 24.1. The van der Waals surface area contributed by atoms with Gasteiger partial charge in [0.2, 0.25) is 0 Å². The van der Waals surface area contributed by atoms with Crippen molar-refractivity contribution < 1.29 is 9.59 Å². The highest BCUT2D eigenvalue weighted by atomic mass is 32.2. The molecule has 2 aliphatic carbocycles. The molecule has 6 heterocycles. The molecule has 0 saturated carbocycles. The molecule has 78 heavy (non-hydrogen) atoms.